The molecule has 0 bridgehead atoms. The second kappa shape index (κ2) is 661. The molecule has 0 aromatic heterocycles. The second-order valence-corrected chi connectivity index (χ2v) is 16.2. The molecule has 0 unspecified atom stereocenters. The Morgan fingerprint density at radius 2 is 0.0794 bits per heavy atom. The molecule has 6 aliphatic carbocycles. The molecule has 0 heterocycles. The van der Waals surface area contributed by atoms with Crippen molar-refractivity contribution in [3.63, 3.8) is 0 Å². The Labute approximate surface area is 1740 Å². The van der Waals surface area contributed by atoms with Crippen LogP contribution in [0, 0.1) is 217 Å². The van der Waals surface area contributed by atoms with Crippen LogP contribution >= 0.6 is 0 Å². The van der Waals surface area contributed by atoms with E-state index in [4.69, 9.17) is 0 Å². The molecule has 0 atom stereocenters. The van der Waals surface area contributed by atoms with Crippen molar-refractivity contribution < 1.29 is 1180 Å². The van der Waals surface area contributed by atoms with E-state index in [0.29, 0.717) is 0 Å². The van der Waals surface area contributed by atoms with Crippen molar-refractivity contribution in [3.05, 3.63) is 217 Å². The molecule has 36 radical (unpaired) electrons. The normalized spacial score (nSPS) is 8.00. The molecule has 0 aromatic rings. The Morgan fingerprint density at radius 3 is 0.0873 bits per heavy atom. The Bertz CT molecular complexity index is 360. The van der Waals surface area contributed by atoms with Gasteiger partial charge in [-0.3, -0.25) is 0 Å². The average Bonchev–Trinajstić information content (AvgIpc) is 3.43. The minimum absolute atomic E-state index is 0. The van der Waals surface area contributed by atoms with Crippen molar-refractivity contribution in [1.82, 2.24) is 0 Å². The van der Waals surface area contributed by atoms with Gasteiger partial charge in [0.1, 0.15) is 0 Å². The molecule has 0 nitrogen and oxygen atoms in total. The van der Waals surface area contributed by atoms with E-state index in [9.17, 15) is 0 Å². The fourth-order valence-electron chi connectivity index (χ4n) is 6.36. The van der Waals surface area contributed by atoms with E-state index < -0.39 is 0 Å². The van der Waals surface area contributed by atoms with Crippen LogP contribution in [0.2, 0.25) is 0 Å². The van der Waals surface area contributed by atoms with E-state index in [0.717, 1.165) is 0 Å². The van der Waals surface area contributed by atoms with Gasteiger partial charge in [-0.15, -0.1) is 0 Å². The third-order valence-corrected chi connectivity index (χ3v) is 9.00. The Morgan fingerprint density at radius 1 is 0.0714 bits per heavy atom. The van der Waals surface area contributed by atoms with Crippen molar-refractivity contribution in [2.75, 3.05) is 0 Å². The molecular formula is C90H222Y36-30. The Balaban J connectivity index is -0.00000000344. The van der Waals surface area contributed by atoms with E-state index in [2.05, 4.69) is 0 Å². The number of rotatable bonds is 0. The maximum absolute atomic E-state index is 2.00. The molecule has 6 aliphatic rings. The van der Waals surface area contributed by atoms with E-state index in [1.807, 2.05) is 205 Å². The SMILES string of the molecule is C1CCCCC1.C1CCCCC1.C1CCCCC1.C1CCCCC1.C1CCCCC1.C1CCCCC1.CC.CC.CC.CC.CC.CC.C[CH-]C.C[CH-]C.C[CH-]C.C[CH-]C.C[CH-]C.C[CH-]C.[CH3-].[CH3-].[CH3-].[CH3-].[CH3-].[CH3-].[CH3-].[CH3-].[CH3-].[CH3-].[CH3-].[CH3-].[CH3-].[CH3-].[CH3-].[CH3-].[CH3-].[CH3-].[CH3-].[CH3-].[CH3-].[CH3-].[CH3-].[CH3-].[Y].[Y].[Y].[Y].[Y].[Y].[Y].[Y].[Y].[Y].[Y].[Y].[Y].[Y].[Y].[Y].[Y].[Y].[Y].[Y].[Y].[Y].[Y].[Y].[Y].[Y].[Y].[Y].[Y].[Y].[Y].[Y].[Y].[Y].[Y].[Y]. The molecular weight excluding hydrogens is 4280 g/mol. The fraction of sp³-hybridized carbons (Fsp3) is 0.667. The fourth-order valence-corrected chi connectivity index (χ4v) is 6.36. The van der Waals surface area contributed by atoms with Crippen molar-refractivity contribution in [2.24, 2.45) is 0 Å². The van der Waals surface area contributed by atoms with Gasteiger partial charge >= 0.3 is 0 Å². The maximum Gasteiger partial charge on any atom is 0 e. The van der Waals surface area contributed by atoms with Gasteiger partial charge < -0.3 is 217 Å². The van der Waals surface area contributed by atoms with Crippen molar-refractivity contribution in [3.8, 4) is 0 Å². The van der Waals surface area contributed by atoms with Crippen LogP contribution in [0.4, 0.5) is 0 Å². The van der Waals surface area contributed by atoms with Gasteiger partial charge in [-0.1, -0.05) is 314 Å². The predicted molar refractivity (Wildman–Crippen MR) is 482 cm³/mol. The molecule has 0 aromatic carbocycles. The Hall–Kier alpha value is 39.7. The van der Waals surface area contributed by atoms with Crippen molar-refractivity contribution >= 4 is 0 Å². The summed E-state index contributed by atoms with van der Waals surface area (Å²) in [4.78, 5) is 0. The molecule has 6 rings (SSSR count). The number of hydrogen-bond donors (Lipinski definition) is 0. The molecule has 720 valence electrons. The van der Waals surface area contributed by atoms with Gasteiger partial charge in [0, 0.05) is 1180 Å². The van der Waals surface area contributed by atoms with Crippen LogP contribution < -0.4 is 0 Å². The summed E-state index contributed by atoms with van der Waals surface area (Å²) in [5.74, 6) is 0. The molecule has 6 saturated carbocycles. The van der Waals surface area contributed by atoms with Gasteiger partial charge in [-0.25, -0.2) is 0 Å². The molecule has 6 fully saturated rings. The number of hydrogen-bond acceptors (Lipinski definition) is 0. The smallest absolute Gasteiger partial charge is 0 e. The largest absolute Gasteiger partial charge is 0.358 e. The van der Waals surface area contributed by atoms with Gasteiger partial charge in [-0.05, 0) is 0 Å². The third kappa shape index (κ3) is 756. The quantitative estimate of drug-likeness (QED) is 0.212. The van der Waals surface area contributed by atoms with E-state index >= 15 is 0 Å². The van der Waals surface area contributed by atoms with Crippen LogP contribution in [0.5, 0.6) is 0 Å². The van der Waals surface area contributed by atoms with Gasteiger partial charge in [0.05, 0.1) is 0 Å². The monoisotopic (exact) mass is 4500 g/mol. The van der Waals surface area contributed by atoms with Crippen molar-refractivity contribution in [1.29, 1.82) is 0 Å². The summed E-state index contributed by atoms with van der Waals surface area (Å²) in [5, 5.41) is 0. The van der Waals surface area contributed by atoms with E-state index in [1.165, 1.54) is 231 Å². The first-order valence-electron chi connectivity index (χ1n) is 30.9. The zero-order valence-electron chi connectivity index (χ0n) is 97.7. The first-order chi connectivity index (χ1) is 32.5. The minimum atomic E-state index is 0. The minimum Gasteiger partial charge on any atom is -0.358 e. The third-order valence-electron chi connectivity index (χ3n) is 9.00. The zero-order valence-corrected chi connectivity index (χ0v) is 200. The van der Waals surface area contributed by atoms with Crippen LogP contribution in [-0.2, 0) is 1180 Å². The summed E-state index contributed by atoms with van der Waals surface area (Å²) in [6.07, 6.45) is 66.0. The first kappa shape index (κ1) is 512. The van der Waals surface area contributed by atoms with E-state index in [-0.39, 0.29) is 1360 Å². The summed E-state index contributed by atoms with van der Waals surface area (Å²) >= 11 is 0. The summed E-state index contributed by atoms with van der Waals surface area (Å²) in [5.41, 5.74) is 0. The van der Waals surface area contributed by atoms with Gasteiger partial charge in [0.2, 0.25) is 0 Å². The molecule has 0 amide bonds. The average molecular weight is 4510 g/mol. The molecule has 0 spiro atoms. The summed E-state index contributed by atoms with van der Waals surface area (Å²) in [6, 6.07) is 0. The first-order valence-corrected chi connectivity index (χ1v) is 30.9. The predicted octanol–water partition coefficient (Wildman–Crippen LogP) is 38.3. The molecule has 126 heavy (non-hydrogen) atoms. The van der Waals surface area contributed by atoms with Gasteiger partial charge in [0.15, 0.2) is 0 Å². The standard InChI is InChI=1S/6C6H12.6C3H7.6C2H6.24CH3.36Y/c6*1-2-4-6-5-3-1;6*1-3-2;6*1-2;;;;;;;;;;;;;;;;;;;;;;;;;;;;;;;;;;;;;;;;;;;;;;;;;;;;;;;;;;;;/h6*1-6H2;6*3H,1-2H3;6*1-2H3;24*1H3;;;;;;;;;;;;;;;;;;;;;;;;;;;;;;;;;;;;/q;;;;;;6*-1;;;;;;;24*-1;;;;;;;;;;;;;;;;;;;;;;;;;;;;;;;;;;;;. The van der Waals surface area contributed by atoms with Crippen molar-refractivity contribution in [2.45, 2.75) is 397 Å². The molecule has 0 N–H and O–H groups in total. The molecule has 0 saturated heterocycles. The molecule has 36 heteroatoms. The summed E-state index contributed by atoms with van der Waals surface area (Å²) in [7, 11) is 0. The molecule has 0 aliphatic heterocycles. The Kier molecular flexibility index (Phi) is 2690. The van der Waals surface area contributed by atoms with Crippen LogP contribution in [0.15, 0.2) is 0 Å². The van der Waals surface area contributed by atoms with E-state index in [1.54, 1.807) is 0 Å². The van der Waals surface area contributed by atoms with Gasteiger partial charge in [0.25, 0.3) is 0 Å². The summed E-state index contributed by atoms with van der Waals surface area (Å²) < 4.78 is 0. The maximum atomic E-state index is 2.00. The van der Waals surface area contributed by atoms with Gasteiger partial charge in [-0.2, -0.15) is 83.1 Å². The summed E-state index contributed by atoms with van der Waals surface area (Å²) in [6.45, 7) is 48.0. The second-order valence-electron chi connectivity index (χ2n) is 16.2. The zero-order chi connectivity index (χ0) is 53.7. The topological polar surface area (TPSA) is 0 Å². The van der Waals surface area contributed by atoms with Crippen LogP contribution in [0.1, 0.15) is 397 Å². The van der Waals surface area contributed by atoms with Crippen LogP contribution in [0.25, 0.3) is 0 Å². The van der Waals surface area contributed by atoms with Crippen LogP contribution in [0.3, 0.4) is 0 Å². The van der Waals surface area contributed by atoms with Crippen LogP contribution in [-0.4, -0.2) is 0 Å².